The zero-order chi connectivity index (χ0) is 17.1. The zero-order valence-electron chi connectivity index (χ0n) is 14.6. The Morgan fingerprint density at radius 2 is 1.48 bits per heavy atom. The lowest BCUT2D eigenvalue weighted by molar-refractivity contribution is 0.261. The summed E-state index contributed by atoms with van der Waals surface area (Å²) in [7, 11) is 0. The van der Waals surface area contributed by atoms with Gasteiger partial charge in [0.2, 0.25) is 0 Å². The van der Waals surface area contributed by atoms with Crippen molar-refractivity contribution in [2.75, 3.05) is 43.4 Å². The van der Waals surface area contributed by atoms with Gasteiger partial charge in [0, 0.05) is 49.5 Å². The van der Waals surface area contributed by atoms with E-state index in [1.165, 1.54) is 22.0 Å². The number of rotatable bonds is 4. The van der Waals surface area contributed by atoms with E-state index in [0.29, 0.717) is 0 Å². The van der Waals surface area contributed by atoms with Crippen molar-refractivity contribution >= 4 is 22.1 Å². The van der Waals surface area contributed by atoms with Crippen molar-refractivity contribution < 1.29 is 0 Å². The van der Waals surface area contributed by atoms with E-state index in [0.717, 1.165) is 44.8 Å². The summed E-state index contributed by atoms with van der Waals surface area (Å²) in [6.07, 6.45) is 1.09. The van der Waals surface area contributed by atoms with Crippen molar-refractivity contribution in [1.29, 1.82) is 0 Å². The van der Waals surface area contributed by atoms with Crippen LogP contribution in [0.5, 0.6) is 0 Å². The molecule has 3 aromatic rings. The Kier molecular flexibility index (Phi) is 4.57. The summed E-state index contributed by atoms with van der Waals surface area (Å²) in [5.41, 5.74) is 9.34. The Bertz CT molecular complexity index is 828. The molecule has 1 fully saturated rings. The van der Waals surface area contributed by atoms with E-state index in [1.807, 2.05) is 12.1 Å². The van der Waals surface area contributed by atoms with E-state index in [2.05, 4.69) is 64.4 Å². The first-order chi connectivity index (χ1) is 12.3. The Balaban J connectivity index is 1.37. The second-order valence-corrected chi connectivity index (χ2v) is 6.82. The Labute approximate surface area is 149 Å². The highest BCUT2D eigenvalue weighted by Gasteiger charge is 2.18. The molecule has 0 bridgehead atoms. The van der Waals surface area contributed by atoms with Gasteiger partial charge in [-0.1, -0.05) is 48.5 Å². The van der Waals surface area contributed by atoms with Crippen LogP contribution in [-0.4, -0.2) is 37.6 Å². The number of nitrogens with zero attached hydrogens (tertiary/aromatic N) is 2. The largest absolute Gasteiger partial charge is 0.399 e. The maximum Gasteiger partial charge on any atom is 0.0446 e. The predicted molar refractivity (Wildman–Crippen MR) is 107 cm³/mol. The molecule has 0 unspecified atom stereocenters. The minimum absolute atomic E-state index is 0.840. The molecule has 0 saturated carbocycles. The maximum atomic E-state index is 5.76. The monoisotopic (exact) mass is 331 g/mol. The number of anilines is 2. The first kappa shape index (κ1) is 16.0. The molecule has 0 aromatic heterocycles. The fourth-order valence-corrected chi connectivity index (χ4v) is 3.67. The molecule has 1 aliphatic rings. The average Bonchev–Trinajstić information content (AvgIpc) is 2.68. The fraction of sp³-hybridized carbons (Fsp3) is 0.273. The van der Waals surface area contributed by atoms with Crippen LogP contribution >= 0.6 is 0 Å². The number of piperazine rings is 1. The number of benzene rings is 3. The molecule has 3 heteroatoms. The van der Waals surface area contributed by atoms with Crippen molar-refractivity contribution in [2.24, 2.45) is 0 Å². The van der Waals surface area contributed by atoms with Crippen molar-refractivity contribution in [1.82, 2.24) is 4.90 Å². The van der Waals surface area contributed by atoms with Gasteiger partial charge >= 0.3 is 0 Å². The summed E-state index contributed by atoms with van der Waals surface area (Å²) in [5, 5.41) is 2.69. The van der Waals surface area contributed by atoms with Crippen molar-refractivity contribution in [3.63, 3.8) is 0 Å². The maximum absolute atomic E-state index is 5.76. The van der Waals surface area contributed by atoms with Gasteiger partial charge in [0.25, 0.3) is 0 Å². The van der Waals surface area contributed by atoms with E-state index < -0.39 is 0 Å². The predicted octanol–water partition coefficient (Wildman–Crippen LogP) is 3.79. The molecule has 2 N–H and O–H groups in total. The number of nitrogens with two attached hydrogens (primary N) is 1. The zero-order valence-corrected chi connectivity index (χ0v) is 14.6. The summed E-state index contributed by atoms with van der Waals surface area (Å²) < 4.78 is 0. The summed E-state index contributed by atoms with van der Waals surface area (Å²) in [6.45, 7) is 5.55. The van der Waals surface area contributed by atoms with Gasteiger partial charge in [-0.25, -0.2) is 0 Å². The van der Waals surface area contributed by atoms with Crippen LogP contribution in [0.25, 0.3) is 10.8 Å². The fourth-order valence-electron chi connectivity index (χ4n) is 3.67. The van der Waals surface area contributed by atoms with Gasteiger partial charge in [0.1, 0.15) is 0 Å². The summed E-state index contributed by atoms with van der Waals surface area (Å²) in [5.74, 6) is 0. The lowest BCUT2D eigenvalue weighted by Crippen LogP contribution is -2.47. The number of fused-ring (bicyclic) bond motifs is 1. The van der Waals surface area contributed by atoms with Crippen LogP contribution in [0, 0.1) is 0 Å². The van der Waals surface area contributed by atoms with Crippen LogP contribution in [0.2, 0.25) is 0 Å². The highest BCUT2D eigenvalue weighted by Crippen LogP contribution is 2.27. The second kappa shape index (κ2) is 7.16. The third-order valence-corrected chi connectivity index (χ3v) is 5.18. The molecule has 25 heavy (non-hydrogen) atoms. The van der Waals surface area contributed by atoms with Crippen molar-refractivity contribution in [3.8, 4) is 0 Å². The standard InChI is InChI=1S/C22H25N3/c23-20-10-8-18(9-11-20)12-13-24-14-16-25(17-15-24)22-7-3-5-19-4-1-2-6-21(19)22/h1-11H,12-17,23H2. The minimum Gasteiger partial charge on any atom is -0.399 e. The van der Waals surface area contributed by atoms with E-state index in [1.54, 1.807) is 0 Å². The quantitative estimate of drug-likeness (QED) is 0.738. The highest BCUT2D eigenvalue weighted by molar-refractivity contribution is 5.94. The third-order valence-electron chi connectivity index (χ3n) is 5.18. The molecule has 4 rings (SSSR count). The van der Waals surface area contributed by atoms with Crippen LogP contribution in [-0.2, 0) is 6.42 Å². The first-order valence-corrected chi connectivity index (χ1v) is 9.09. The van der Waals surface area contributed by atoms with E-state index in [-0.39, 0.29) is 0 Å². The second-order valence-electron chi connectivity index (χ2n) is 6.82. The van der Waals surface area contributed by atoms with Crippen LogP contribution < -0.4 is 10.6 Å². The van der Waals surface area contributed by atoms with Gasteiger partial charge in [0.05, 0.1) is 0 Å². The summed E-state index contributed by atoms with van der Waals surface area (Å²) in [4.78, 5) is 5.10. The lowest BCUT2D eigenvalue weighted by Gasteiger charge is -2.36. The molecular weight excluding hydrogens is 306 g/mol. The van der Waals surface area contributed by atoms with Gasteiger partial charge in [-0.15, -0.1) is 0 Å². The smallest absolute Gasteiger partial charge is 0.0446 e. The van der Waals surface area contributed by atoms with E-state index in [4.69, 9.17) is 5.73 Å². The van der Waals surface area contributed by atoms with Crippen LogP contribution in [0.3, 0.4) is 0 Å². The molecule has 0 spiro atoms. The summed E-state index contributed by atoms with van der Waals surface area (Å²) >= 11 is 0. The number of hydrogen-bond donors (Lipinski definition) is 1. The molecule has 0 aliphatic carbocycles. The molecule has 1 saturated heterocycles. The van der Waals surface area contributed by atoms with Gasteiger partial charge < -0.3 is 10.6 Å². The van der Waals surface area contributed by atoms with Gasteiger partial charge in [0.15, 0.2) is 0 Å². The van der Waals surface area contributed by atoms with Gasteiger partial charge in [-0.2, -0.15) is 0 Å². The van der Waals surface area contributed by atoms with Crippen molar-refractivity contribution in [2.45, 2.75) is 6.42 Å². The highest BCUT2D eigenvalue weighted by atomic mass is 15.3. The van der Waals surface area contributed by atoms with Crippen molar-refractivity contribution in [3.05, 3.63) is 72.3 Å². The molecular formula is C22H25N3. The Hall–Kier alpha value is -2.52. The molecule has 0 radical (unpaired) electrons. The van der Waals surface area contributed by atoms with E-state index in [9.17, 15) is 0 Å². The molecule has 1 heterocycles. The number of nitrogen functional groups attached to an aromatic ring is 1. The molecule has 3 aromatic carbocycles. The van der Waals surface area contributed by atoms with Gasteiger partial charge in [-0.3, -0.25) is 4.90 Å². The Morgan fingerprint density at radius 3 is 2.28 bits per heavy atom. The molecule has 0 atom stereocenters. The normalized spacial score (nSPS) is 15.6. The van der Waals surface area contributed by atoms with Crippen LogP contribution in [0.1, 0.15) is 5.56 Å². The summed E-state index contributed by atoms with van der Waals surface area (Å²) in [6, 6.07) is 23.6. The molecule has 3 nitrogen and oxygen atoms in total. The van der Waals surface area contributed by atoms with Gasteiger partial charge in [-0.05, 0) is 35.6 Å². The lowest BCUT2D eigenvalue weighted by atomic mass is 10.1. The first-order valence-electron chi connectivity index (χ1n) is 9.09. The SMILES string of the molecule is Nc1ccc(CCN2CCN(c3cccc4ccccc34)CC2)cc1. The third kappa shape index (κ3) is 3.62. The topological polar surface area (TPSA) is 32.5 Å². The molecule has 0 amide bonds. The molecule has 1 aliphatic heterocycles. The van der Waals surface area contributed by atoms with Crippen LogP contribution in [0.15, 0.2) is 66.7 Å². The minimum atomic E-state index is 0.840. The Morgan fingerprint density at radius 1 is 0.760 bits per heavy atom. The molecule has 128 valence electrons. The van der Waals surface area contributed by atoms with Crippen LogP contribution in [0.4, 0.5) is 11.4 Å². The van der Waals surface area contributed by atoms with E-state index >= 15 is 0 Å². The average molecular weight is 331 g/mol. The number of hydrogen-bond acceptors (Lipinski definition) is 3.